The lowest BCUT2D eigenvalue weighted by atomic mass is 10.2. The van der Waals surface area contributed by atoms with Gasteiger partial charge in [0.25, 0.3) is 5.91 Å². The van der Waals surface area contributed by atoms with Crippen LogP contribution < -0.4 is 15.7 Å². The summed E-state index contributed by atoms with van der Waals surface area (Å²) in [6, 6.07) is 11.9. The average molecular weight is 460 g/mol. The lowest BCUT2D eigenvalue weighted by Gasteiger charge is -2.15. The fourth-order valence-corrected chi connectivity index (χ4v) is 3.68. The zero-order valence-corrected chi connectivity index (χ0v) is 18.3. The summed E-state index contributed by atoms with van der Waals surface area (Å²) in [5.74, 6) is -1.59. The van der Waals surface area contributed by atoms with Crippen LogP contribution >= 0.6 is 0 Å². The van der Waals surface area contributed by atoms with E-state index in [0.717, 1.165) is 4.31 Å². The van der Waals surface area contributed by atoms with Crippen LogP contribution in [0.5, 0.6) is 5.75 Å². The number of nitrogens with zero attached hydrogens (tertiary/aromatic N) is 1. The van der Waals surface area contributed by atoms with Gasteiger partial charge in [-0.2, -0.15) is 0 Å². The Morgan fingerprint density at radius 1 is 1.09 bits per heavy atom. The number of ether oxygens (including phenoxy) is 2. The smallest absolute Gasteiger partial charge is 0.351 e. The number of para-hydroxylation sites is 1. The Kier molecular flexibility index (Phi) is 6.61. The molecule has 11 heteroatoms. The molecule has 0 aliphatic carbocycles. The van der Waals surface area contributed by atoms with E-state index in [2.05, 4.69) is 5.32 Å². The number of sulfonamides is 1. The van der Waals surface area contributed by atoms with Crippen LogP contribution in [0, 0.1) is 0 Å². The first-order chi connectivity index (χ1) is 15.1. The second kappa shape index (κ2) is 9.20. The number of carbonyl (C=O) groups excluding carboxylic acids is 2. The maximum atomic E-state index is 12.3. The molecule has 2 aromatic carbocycles. The van der Waals surface area contributed by atoms with Gasteiger partial charge in [-0.25, -0.2) is 22.3 Å². The monoisotopic (exact) mass is 460 g/mol. The Labute approximate surface area is 183 Å². The molecule has 0 aliphatic rings. The first kappa shape index (κ1) is 23.0. The summed E-state index contributed by atoms with van der Waals surface area (Å²) in [7, 11) is 0.354. The molecular weight excluding hydrogens is 440 g/mol. The van der Waals surface area contributed by atoms with Gasteiger partial charge in [0.15, 0.2) is 6.61 Å². The molecule has 1 amide bonds. The largest absolute Gasteiger partial charge is 0.495 e. The number of benzene rings is 2. The summed E-state index contributed by atoms with van der Waals surface area (Å²) in [4.78, 5) is 36.6. The molecule has 1 N–H and O–H groups in total. The molecule has 0 spiro atoms. The van der Waals surface area contributed by atoms with E-state index in [1.165, 1.54) is 45.5 Å². The highest BCUT2D eigenvalue weighted by Gasteiger charge is 2.21. The zero-order valence-electron chi connectivity index (χ0n) is 17.4. The summed E-state index contributed by atoms with van der Waals surface area (Å²) in [5.41, 5.74) is -0.862. The minimum atomic E-state index is -3.75. The van der Waals surface area contributed by atoms with Gasteiger partial charge in [-0.1, -0.05) is 18.2 Å². The molecule has 0 bridgehead atoms. The molecule has 1 heterocycles. The number of nitrogens with one attached hydrogen (secondary N) is 1. The Morgan fingerprint density at radius 3 is 2.50 bits per heavy atom. The zero-order chi connectivity index (χ0) is 23.5. The second-order valence-corrected chi connectivity index (χ2v) is 8.91. The van der Waals surface area contributed by atoms with Crippen molar-refractivity contribution in [3.8, 4) is 5.75 Å². The molecule has 0 unspecified atom stereocenters. The maximum absolute atomic E-state index is 12.3. The molecule has 0 atom stereocenters. The lowest BCUT2D eigenvalue weighted by molar-refractivity contribution is -0.119. The van der Waals surface area contributed by atoms with E-state index >= 15 is 0 Å². The van der Waals surface area contributed by atoms with Crippen molar-refractivity contribution in [2.75, 3.05) is 33.1 Å². The number of carbonyl (C=O) groups is 2. The highest BCUT2D eigenvalue weighted by atomic mass is 32.2. The number of methoxy groups -OCH3 is 1. The second-order valence-electron chi connectivity index (χ2n) is 6.76. The first-order valence-electron chi connectivity index (χ1n) is 9.24. The van der Waals surface area contributed by atoms with Crippen LogP contribution in [-0.2, 0) is 19.6 Å². The summed E-state index contributed by atoms with van der Waals surface area (Å²) in [5, 5.41) is 2.96. The Balaban J connectivity index is 1.74. The molecule has 0 aliphatic heterocycles. The van der Waals surface area contributed by atoms with Gasteiger partial charge in [0.2, 0.25) is 10.0 Å². The van der Waals surface area contributed by atoms with E-state index in [4.69, 9.17) is 13.9 Å². The number of hydrogen-bond acceptors (Lipinski definition) is 8. The number of rotatable bonds is 7. The highest BCUT2D eigenvalue weighted by Crippen LogP contribution is 2.28. The maximum Gasteiger partial charge on any atom is 0.351 e. The topological polar surface area (TPSA) is 132 Å². The molecule has 0 saturated carbocycles. The molecule has 168 valence electrons. The highest BCUT2D eigenvalue weighted by molar-refractivity contribution is 7.89. The molecule has 10 nitrogen and oxygen atoms in total. The number of esters is 1. The van der Waals surface area contributed by atoms with Gasteiger partial charge >= 0.3 is 11.6 Å². The van der Waals surface area contributed by atoms with E-state index in [1.54, 1.807) is 24.3 Å². The fraction of sp³-hybridized carbons (Fsp3) is 0.190. The number of amides is 1. The van der Waals surface area contributed by atoms with Crippen molar-refractivity contribution in [1.82, 2.24) is 4.31 Å². The normalized spacial score (nSPS) is 11.4. The van der Waals surface area contributed by atoms with Crippen molar-refractivity contribution >= 4 is 38.6 Å². The summed E-state index contributed by atoms with van der Waals surface area (Å²) >= 11 is 0. The quantitative estimate of drug-likeness (QED) is 0.417. The van der Waals surface area contributed by atoms with Crippen LogP contribution in [-0.4, -0.2) is 52.4 Å². The Bertz CT molecular complexity index is 1350. The van der Waals surface area contributed by atoms with Crippen LogP contribution in [0.1, 0.15) is 10.4 Å². The number of anilines is 1. The van der Waals surface area contributed by atoms with E-state index in [1.807, 2.05) is 0 Å². The van der Waals surface area contributed by atoms with Crippen molar-refractivity contribution in [1.29, 1.82) is 0 Å². The number of hydrogen-bond donors (Lipinski definition) is 1. The van der Waals surface area contributed by atoms with Crippen LogP contribution in [0.25, 0.3) is 11.0 Å². The molecule has 0 fully saturated rings. The third kappa shape index (κ3) is 4.79. The van der Waals surface area contributed by atoms with Gasteiger partial charge in [0.1, 0.15) is 16.9 Å². The van der Waals surface area contributed by atoms with E-state index in [0.29, 0.717) is 11.0 Å². The van der Waals surface area contributed by atoms with Crippen LogP contribution in [0.2, 0.25) is 0 Å². The minimum Gasteiger partial charge on any atom is -0.495 e. The minimum absolute atomic E-state index is 0.0654. The van der Waals surface area contributed by atoms with Gasteiger partial charge in [-0.15, -0.1) is 0 Å². The summed E-state index contributed by atoms with van der Waals surface area (Å²) < 4.78 is 40.8. The predicted octanol–water partition coefficient (Wildman–Crippen LogP) is 1.85. The Hall–Kier alpha value is -3.70. The molecule has 3 aromatic rings. The van der Waals surface area contributed by atoms with Crippen molar-refractivity contribution in [2.45, 2.75) is 4.90 Å². The third-order valence-corrected chi connectivity index (χ3v) is 6.23. The summed E-state index contributed by atoms with van der Waals surface area (Å²) in [6.45, 7) is -0.723. The molecule has 32 heavy (non-hydrogen) atoms. The summed E-state index contributed by atoms with van der Waals surface area (Å²) in [6.07, 6.45) is 0. The van der Waals surface area contributed by atoms with Crippen LogP contribution in [0.4, 0.5) is 5.69 Å². The predicted molar refractivity (Wildman–Crippen MR) is 115 cm³/mol. The number of fused-ring (bicyclic) bond motifs is 1. The van der Waals surface area contributed by atoms with E-state index < -0.39 is 34.1 Å². The molecule has 0 saturated heterocycles. The van der Waals surface area contributed by atoms with Crippen LogP contribution in [0.15, 0.2) is 62.6 Å². The standard InChI is InChI=1S/C21H20N2O8S/c1-23(2)32(27,28)14-8-9-18(29-3)16(11-14)22-19(24)12-30-20(25)15-10-13-6-4-5-7-17(13)31-21(15)26/h4-11H,12H2,1-3H3,(H,22,24). The first-order valence-corrected chi connectivity index (χ1v) is 10.7. The van der Waals surface area contributed by atoms with Gasteiger partial charge in [-0.3, -0.25) is 4.79 Å². The van der Waals surface area contributed by atoms with E-state index in [-0.39, 0.29) is 21.9 Å². The lowest BCUT2D eigenvalue weighted by Crippen LogP contribution is -2.24. The van der Waals surface area contributed by atoms with Crippen LogP contribution in [0.3, 0.4) is 0 Å². The SMILES string of the molecule is COc1ccc(S(=O)(=O)N(C)C)cc1NC(=O)COC(=O)c1cc2ccccc2oc1=O. The van der Waals surface area contributed by atoms with Gasteiger partial charge in [-0.05, 0) is 30.3 Å². The third-order valence-electron chi connectivity index (χ3n) is 4.42. The van der Waals surface area contributed by atoms with E-state index in [9.17, 15) is 22.8 Å². The van der Waals surface area contributed by atoms with Gasteiger partial charge in [0.05, 0.1) is 17.7 Å². The van der Waals surface area contributed by atoms with Crippen molar-refractivity contribution < 1.29 is 31.9 Å². The van der Waals surface area contributed by atoms with Crippen molar-refractivity contribution in [3.63, 3.8) is 0 Å². The molecular formula is C21H20N2O8S. The van der Waals surface area contributed by atoms with Gasteiger partial charge in [0, 0.05) is 19.5 Å². The fourth-order valence-electron chi connectivity index (χ4n) is 2.76. The average Bonchev–Trinajstić information content (AvgIpc) is 2.76. The van der Waals surface area contributed by atoms with Crippen molar-refractivity contribution in [2.24, 2.45) is 0 Å². The molecule has 0 radical (unpaired) electrons. The van der Waals surface area contributed by atoms with Crippen molar-refractivity contribution in [3.05, 3.63) is 64.5 Å². The molecule has 1 aromatic heterocycles. The van der Waals surface area contributed by atoms with Gasteiger partial charge < -0.3 is 19.2 Å². The molecule has 3 rings (SSSR count). The Morgan fingerprint density at radius 2 is 1.81 bits per heavy atom.